The fourth-order valence-corrected chi connectivity index (χ4v) is 3.50. The summed E-state index contributed by atoms with van der Waals surface area (Å²) in [7, 11) is 0. The first kappa shape index (κ1) is 18.9. The Kier molecular flexibility index (Phi) is 5.65. The zero-order valence-corrected chi connectivity index (χ0v) is 16.7. The monoisotopic (exact) mass is 418 g/mol. The summed E-state index contributed by atoms with van der Waals surface area (Å²) in [5.74, 6) is -0.699. The highest BCUT2D eigenvalue weighted by molar-refractivity contribution is 9.10. The van der Waals surface area contributed by atoms with Crippen molar-refractivity contribution >= 4 is 27.6 Å². The molecule has 2 aromatic carbocycles. The van der Waals surface area contributed by atoms with Crippen molar-refractivity contribution in [2.45, 2.75) is 38.7 Å². The summed E-state index contributed by atoms with van der Waals surface area (Å²) < 4.78 is 12.7. The highest BCUT2D eigenvalue weighted by atomic mass is 79.9. The Labute approximate surface area is 162 Å². The Morgan fingerprint density at radius 2 is 1.92 bits per heavy atom. The van der Waals surface area contributed by atoms with E-state index in [0.717, 1.165) is 15.6 Å². The summed E-state index contributed by atoms with van der Waals surface area (Å²) in [5.41, 5.74) is 2.83. The number of carbonyl (C=O) groups is 1. The molecule has 0 aliphatic carbocycles. The van der Waals surface area contributed by atoms with Gasteiger partial charge in [0, 0.05) is 4.47 Å². The number of ether oxygens (including phenoxy) is 2. The number of urea groups is 1. The molecule has 1 heterocycles. The van der Waals surface area contributed by atoms with Crippen molar-refractivity contribution in [2.24, 2.45) is 0 Å². The van der Waals surface area contributed by atoms with Crippen molar-refractivity contribution in [2.75, 3.05) is 11.9 Å². The second-order valence-corrected chi connectivity index (χ2v) is 7.70. The molecule has 1 aliphatic heterocycles. The highest BCUT2D eigenvalue weighted by Crippen LogP contribution is 2.33. The molecule has 0 bridgehead atoms. The smallest absolute Gasteiger partial charge is 0.319 e. The van der Waals surface area contributed by atoms with Gasteiger partial charge in [0.15, 0.2) is 5.79 Å². The first-order chi connectivity index (χ1) is 12.3. The van der Waals surface area contributed by atoms with E-state index < -0.39 is 5.79 Å². The Hall–Kier alpha value is -1.89. The number of nitrogens with one attached hydrogen (secondary N) is 2. The molecular weight excluding hydrogens is 396 g/mol. The van der Waals surface area contributed by atoms with Crippen LogP contribution in [0.4, 0.5) is 10.5 Å². The van der Waals surface area contributed by atoms with Crippen molar-refractivity contribution in [3.8, 4) is 0 Å². The molecule has 0 radical (unpaired) electrons. The van der Waals surface area contributed by atoms with Crippen molar-refractivity contribution in [3.63, 3.8) is 0 Å². The van der Waals surface area contributed by atoms with E-state index >= 15 is 0 Å². The molecule has 1 fully saturated rings. The average molecular weight is 419 g/mol. The molecule has 1 aliphatic rings. The zero-order valence-electron chi connectivity index (χ0n) is 15.1. The first-order valence-electron chi connectivity index (χ1n) is 8.54. The maximum Gasteiger partial charge on any atom is 0.319 e. The maximum absolute atomic E-state index is 12.5. The Bertz CT molecular complexity index is 780. The number of rotatable bonds is 3. The lowest BCUT2D eigenvalue weighted by Crippen LogP contribution is -2.52. The van der Waals surface area contributed by atoms with Gasteiger partial charge in [0.25, 0.3) is 0 Å². The Morgan fingerprint density at radius 3 is 2.62 bits per heavy atom. The molecule has 2 amide bonds. The van der Waals surface area contributed by atoms with Gasteiger partial charge in [-0.15, -0.1) is 0 Å². The van der Waals surface area contributed by atoms with Crippen molar-refractivity contribution in [1.29, 1.82) is 0 Å². The van der Waals surface area contributed by atoms with Gasteiger partial charge in [-0.3, -0.25) is 0 Å². The van der Waals surface area contributed by atoms with Crippen LogP contribution in [0.15, 0.2) is 53.0 Å². The van der Waals surface area contributed by atoms with E-state index in [0.29, 0.717) is 12.3 Å². The second-order valence-electron chi connectivity index (χ2n) is 6.85. The summed E-state index contributed by atoms with van der Waals surface area (Å²) in [6, 6.07) is 15.0. The van der Waals surface area contributed by atoms with Crippen LogP contribution in [-0.2, 0) is 9.47 Å². The van der Waals surface area contributed by atoms with Crippen molar-refractivity contribution in [3.05, 3.63) is 64.1 Å². The minimum absolute atomic E-state index is 0.285. The van der Waals surface area contributed by atoms with Crippen LogP contribution in [0.3, 0.4) is 0 Å². The number of hydrogen-bond acceptors (Lipinski definition) is 3. The molecule has 0 spiro atoms. The third kappa shape index (κ3) is 4.63. The van der Waals surface area contributed by atoms with Crippen LogP contribution in [0.25, 0.3) is 0 Å². The summed E-state index contributed by atoms with van der Waals surface area (Å²) in [6.07, 6.45) is -0.285. The SMILES string of the molecule is Cc1ccc(NC(=O)N[C@H]2COC(C)(C)O[C@H]2c2ccccc2)c(Br)c1. The third-order valence-electron chi connectivity index (χ3n) is 4.20. The van der Waals surface area contributed by atoms with Crippen molar-refractivity contribution in [1.82, 2.24) is 5.32 Å². The minimum Gasteiger partial charge on any atom is -0.348 e. The highest BCUT2D eigenvalue weighted by Gasteiger charge is 2.38. The average Bonchev–Trinajstić information content (AvgIpc) is 2.59. The summed E-state index contributed by atoms with van der Waals surface area (Å²) in [6.45, 7) is 6.12. The van der Waals surface area contributed by atoms with E-state index in [9.17, 15) is 4.79 Å². The molecule has 0 unspecified atom stereocenters. The van der Waals surface area contributed by atoms with Crippen LogP contribution in [0.1, 0.15) is 31.1 Å². The number of anilines is 1. The van der Waals surface area contributed by atoms with Crippen LogP contribution in [0.5, 0.6) is 0 Å². The van der Waals surface area contributed by atoms with Crippen LogP contribution in [-0.4, -0.2) is 24.5 Å². The van der Waals surface area contributed by atoms with E-state index in [1.165, 1.54) is 0 Å². The molecule has 3 rings (SSSR count). The number of halogens is 1. The number of aryl methyl sites for hydroxylation is 1. The number of hydrogen-bond donors (Lipinski definition) is 2. The Morgan fingerprint density at radius 1 is 1.19 bits per heavy atom. The number of amides is 2. The van der Waals surface area contributed by atoms with Gasteiger partial charge in [0.1, 0.15) is 6.10 Å². The van der Waals surface area contributed by atoms with E-state index in [1.807, 2.05) is 69.3 Å². The minimum atomic E-state index is -0.699. The molecule has 1 saturated heterocycles. The lowest BCUT2D eigenvalue weighted by atomic mass is 10.0. The molecule has 2 N–H and O–H groups in total. The fraction of sp³-hybridized carbons (Fsp3) is 0.350. The van der Waals surface area contributed by atoms with Gasteiger partial charge in [-0.25, -0.2) is 4.79 Å². The van der Waals surface area contributed by atoms with Crippen molar-refractivity contribution < 1.29 is 14.3 Å². The molecule has 0 aromatic heterocycles. The van der Waals surface area contributed by atoms with E-state index in [4.69, 9.17) is 9.47 Å². The van der Waals surface area contributed by atoms with Gasteiger partial charge in [-0.05, 0) is 60.0 Å². The molecule has 0 saturated carbocycles. The predicted octanol–water partition coefficient (Wildman–Crippen LogP) is 4.77. The van der Waals surface area contributed by atoms with Gasteiger partial charge >= 0.3 is 6.03 Å². The molecule has 26 heavy (non-hydrogen) atoms. The molecule has 5 nitrogen and oxygen atoms in total. The summed E-state index contributed by atoms with van der Waals surface area (Å²) in [5, 5.41) is 5.84. The quantitative estimate of drug-likeness (QED) is 0.754. The lowest BCUT2D eigenvalue weighted by molar-refractivity contribution is -0.284. The number of carbonyl (C=O) groups excluding carboxylic acids is 1. The summed E-state index contributed by atoms with van der Waals surface area (Å²) >= 11 is 3.47. The van der Waals surface area contributed by atoms with E-state index in [1.54, 1.807) is 0 Å². The fourth-order valence-electron chi connectivity index (χ4n) is 2.91. The summed E-state index contributed by atoms with van der Waals surface area (Å²) in [4.78, 5) is 12.5. The molecule has 6 heteroatoms. The van der Waals surface area contributed by atoms with E-state index in [2.05, 4.69) is 26.6 Å². The van der Waals surface area contributed by atoms with Gasteiger partial charge in [0.05, 0.1) is 18.3 Å². The standard InChI is InChI=1S/C20H23BrN2O3/c1-13-9-10-16(15(21)11-13)22-19(24)23-17-12-25-20(2,3)26-18(17)14-7-5-4-6-8-14/h4-11,17-18H,12H2,1-3H3,(H2,22,23,24)/t17-,18-/m0/s1. The van der Waals surface area contributed by atoms with Crippen LogP contribution in [0, 0.1) is 6.92 Å². The molecule has 138 valence electrons. The van der Waals surface area contributed by atoms with Gasteiger partial charge in [-0.1, -0.05) is 36.4 Å². The third-order valence-corrected chi connectivity index (χ3v) is 4.86. The maximum atomic E-state index is 12.5. The predicted molar refractivity (Wildman–Crippen MR) is 105 cm³/mol. The molecular formula is C20H23BrN2O3. The number of benzene rings is 2. The first-order valence-corrected chi connectivity index (χ1v) is 9.34. The van der Waals surface area contributed by atoms with Crippen LogP contribution in [0.2, 0.25) is 0 Å². The van der Waals surface area contributed by atoms with Gasteiger partial charge in [-0.2, -0.15) is 0 Å². The van der Waals surface area contributed by atoms with Gasteiger partial charge < -0.3 is 20.1 Å². The van der Waals surface area contributed by atoms with Crippen LogP contribution < -0.4 is 10.6 Å². The molecule has 2 aromatic rings. The zero-order chi connectivity index (χ0) is 18.7. The lowest BCUT2D eigenvalue weighted by Gasteiger charge is -2.41. The topological polar surface area (TPSA) is 59.6 Å². The van der Waals surface area contributed by atoms with Crippen LogP contribution >= 0.6 is 15.9 Å². The van der Waals surface area contributed by atoms with E-state index in [-0.39, 0.29) is 18.2 Å². The second kappa shape index (κ2) is 7.78. The largest absolute Gasteiger partial charge is 0.348 e. The normalized spacial score (nSPS) is 21.8. The molecule has 2 atom stereocenters. The Balaban J connectivity index is 1.73. The van der Waals surface area contributed by atoms with Gasteiger partial charge in [0.2, 0.25) is 0 Å².